The van der Waals surface area contributed by atoms with Crippen LogP contribution in [0.15, 0.2) is 36.4 Å². The third-order valence-electron chi connectivity index (χ3n) is 2.69. The first kappa shape index (κ1) is 11.8. The fraction of sp³-hybridized carbons (Fsp3) is 0.333. The Morgan fingerprint density at radius 2 is 1.65 bits per heavy atom. The smallest absolute Gasteiger partial charge is 0.0929 e. The molecule has 0 fully saturated rings. The number of aryl methyl sites for hydroxylation is 1. The average molecular weight is 226 g/mol. The molecule has 0 radical (unpaired) electrons. The molecule has 0 atom stereocenters. The Kier molecular flexibility index (Phi) is 3.52. The second-order valence-electron chi connectivity index (χ2n) is 4.85. The van der Waals surface area contributed by atoms with Crippen LogP contribution in [0.1, 0.15) is 25.1 Å². The summed E-state index contributed by atoms with van der Waals surface area (Å²) in [6.45, 7) is 6.42. The minimum atomic E-state index is 0.694. The molecule has 1 heterocycles. The number of hydrogen-bond acceptors (Lipinski definition) is 2. The van der Waals surface area contributed by atoms with E-state index in [4.69, 9.17) is 0 Å². The summed E-state index contributed by atoms with van der Waals surface area (Å²) in [4.78, 5) is 0. The molecule has 1 aromatic heterocycles. The highest BCUT2D eigenvalue weighted by Gasteiger charge is 2.01. The molecule has 2 heteroatoms. The van der Waals surface area contributed by atoms with Gasteiger partial charge in [-0.25, -0.2) is 0 Å². The van der Waals surface area contributed by atoms with Crippen molar-refractivity contribution in [3.05, 3.63) is 47.7 Å². The molecule has 0 saturated heterocycles. The molecular formula is C15H18N2. The van der Waals surface area contributed by atoms with Crippen molar-refractivity contribution in [3.8, 4) is 11.3 Å². The first-order chi connectivity index (χ1) is 8.15. The van der Waals surface area contributed by atoms with Crippen LogP contribution in [0.5, 0.6) is 0 Å². The lowest BCUT2D eigenvalue weighted by Gasteiger charge is -2.06. The van der Waals surface area contributed by atoms with Gasteiger partial charge in [-0.2, -0.15) is 10.2 Å². The fourth-order valence-electron chi connectivity index (χ4n) is 1.84. The van der Waals surface area contributed by atoms with Crippen molar-refractivity contribution in [2.75, 3.05) is 0 Å². The van der Waals surface area contributed by atoms with Crippen molar-refractivity contribution in [2.45, 2.75) is 27.2 Å². The molecule has 0 amide bonds. The summed E-state index contributed by atoms with van der Waals surface area (Å²) in [6.07, 6.45) is 1.12. The van der Waals surface area contributed by atoms with Gasteiger partial charge in [-0.05, 0) is 37.0 Å². The van der Waals surface area contributed by atoms with Crippen molar-refractivity contribution in [3.63, 3.8) is 0 Å². The van der Waals surface area contributed by atoms with E-state index in [1.54, 1.807) is 0 Å². The molecule has 17 heavy (non-hydrogen) atoms. The lowest BCUT2D eigenvalue weighted by molar-refractivity contribution is 0.647. The third-order valence-corrected chi connectivity index (χ3v) is 2.69. The molecule has 0 unspecified atom stereocenters. The van der Waals surface area contributed by atoms with Crippen LogP contribution in [-0.2, 0) is 6.42 Å². The van der Waals surface area contributed by atoms with Crippen LogP contribution in [0.4, 0.5) is 0 Å². The molecule has 2 rings (SSSR count). The largest absolute Gasteiger partial charge is 0.155 e. The van der Waals surface area contributed by atoms with Crippen LogP contribution in [0, 0.1) is 12.8 Å². The van der Waals surface area contributed by atoms with E-state index >= 15 is 0 Å². The third kappa shape index (κ3) is 3.13. The van der Waals surface area contributed by atoms with Crippen LogP contribution >= 0.6 is 0 Å². The highest BCUT2D eigenvalue weighted by Crippen LogP contribution is 2.18. The summed E-state index contributed by atoms with van der Waals surface area (Å²) in [7, 11) is 0. The highest BCUT2D eigenvalue weighted by atomic mass is 15.1. The Morgan fingerprint density at radius 1 is 0.941 bits per heavy atom. The quantitative estimate of drug-likeness (QED) is 0.798. The molecule has 1 aromatic carbocycles. The zero-order chi connectivity index (χ0) is 12.3. The normalized spacial score (nSPS) is 10.8. The van der Waals surface area contributed by atoms with Gasteiger partial charge in [-0.15, -0.1) is 0 Å². The number of benzene rings is 1. The molecular weight excluding hydrogens is 208 g/mol. The van der Waals surface area contributed by atoms with Crippen molar-refractivity contribution in [1.29, 1.82) is 0 Å². The lowest BCUT2D eigenvalue weighted by Crippen LogP contribution is -1.94. The molecule has 2 nitrogen and oxygen atoms in total. The maximum atomic E-state index is 4.19. The van der Waals surface area contributed by atoms with Crippen molar-refractivity contribution < 1.29 is 0 Å². The van der Waals surface area contributed by atoms with Gasteiger partial charge in [0.15, 0.2) is 0 Å². The minimum Gasteiger partial charge on any atom is -0.155 e. The van der Waals surface area contributed by atoms with E-state index in [2.05, 4.69) is 48.3 Å². The summed E-state index contributed by atoms with van der Waals surface area (Å²) >= 11 is 0. The fourth-order valence-corrected chi connectivity index (χ4v) is 1.84. The van der Waals surface area contributed by atoms with E-state index in [1.807, 2.05) is 19.1 Å². The highest BCUT2D eigenvalue weighted by molar-refractivity contribution is 5.58. The van der Waals surface area contributed by atoms with Gasteiger partial charge in [0.2, 0.25) is 0 Å². The van der Waals surface area contributed by atoms with Crippen molar-refractivity contribution >= 4 is 0 Å². The standard InChI is InChI=1S/C15H18N2/c1-11(2)10-13-5-7-14(8-6-13)15-9-4-12(3)16-17-15/h4-9,11H,10H2,1-3H3. The topological polar surface area (TPSA) is 25.8 Å². The lowest BCUT2D eigenvalue weighted by atomic mass is 10.0. The van der Waals surface area contributed by atoms with Crippen molar-refractivity contribution in [2.24, 2.45) is 5.92 Å². The summed E-state index contributed by atoms with van der Waals surface area (Å²) in [5.74, 6) is 0.694. The van der Waals surface area contributed by atoms with Gasteiger partial charge in [-0.1, -0.05) is 38.1 Å². The molecule has 88 valence electrons. The molecule has 2 aromatic rings. The van der Waals surface area contributed by atoms with Gasteiger partial charge >= 0.3 is 0 Å². The molecule has 0 spiro atoms. The van der Waals surface area contributed by atoms with Crippen molar-refractivity contribution in [1.82, 2.24) is 10.2 Å². The Morgan fingerprint density at radius 3 is 2.18 bits per heavy atom. The van der Waals surface area contributed by atoms with Gasteiger partial charge in [-0.3, -0.25) is 0 Å². The Labute approximate surface area is 103 Å². The first-order valence-electron chi connectivity index (χ1n) is 6.05. The van der Waals surface area contributed by atoms with E-state index < -0.39 is 0 Å². The van der Waals surface area contributed by atoms with Crippen LogP contribution in [0.3, 0.4) is 0 Å². The summed E-state index contributed by atoms with van der Waals surface area (Å²) < 4.78 is 0. The number of nitrogens with zero attached hydrogens (tertiary/aromatic N) is 2. The van der Waals surface area contributed by atoms with Crippen LogP contribution in [0.25, 0.3) is 11.3 Å². The Hall–Kier alpha value is -1.70. The second-order valence-corrected chi connectivity index (χ2v) is 4.85. The summed E-state index contributed by atoms with van der Waals surface area (Å²) in [5.41, 5.74) is 4.39. The number of aromatic nitrogens is 2. The second kappa shape index (κ2) is 5.09. The van der Waals surface area contributed by atoms with Gasteiger partial charge in [0.05, 0.1) is 11.4 Å². The van der Waals surface area contributed by atoms with E-state index in [9.17, 15) is 0 Å². The molecule has 0 aliphatic rings. The maximum Gasteiger partial charge on any atom is 0.0929 e. The van der Waals surface area contributed by atoms with Gasteiger partial charge in [0.1, 0.15) is 0 Å². The van der Waals surface area contributed by atoms with Crippen LogP contribution in [0.2, 0.25) is 0 Å². The van der Waals surface area contributed by atoms with E-state index in [0.717, 1.165) is 23.4 Å². The van der Waals surface area contributed by atoms with E-state index in [-0.39, 0.29) is 0 Å². The molecule has 0 aliphatic carbocycles. The summed E-state index contributed by atoms with van der Waals surface area (Å²) in [6, 6.07) is 12.6. The van der Waals surface area contributed by atoms with E-state index in [0.29, 0.717) is 5.92 Å². The minimum absolute atomic E-state index is 0.694. The SMILES string of the molecule is Cc1ccc(-c2ccc(CC(C)C)cc2)nn1. The maximum absolute atomic E-state index is 4.19. The molecule has 0 saturated carbocycles. The Balaban J connectivity index is 2.20. The predicted molar refractivity (Wildman–Crippen MR) is 70.7 cm³/mol. The van der Waals surface area contributed by atoms with E-state index in [1.165, 1.54) is 5.56 Å². The molecule has 0 aliphatic heterocycles. The van der Waals surface area contributed by atoms with Gasteiger partial charge < -0.3 is 0 Å². The Bertz CT molecular complexity index is 469. The number of hydrogen-bond donors (Lipinski definition) is 0. The van der Waals surface area contributed by atoms with Crippen LogP contribution in [-0.4, -0.2) is 10.2 Å². The average Bonchev–Trinajstić information content (AvgIpc) is 2.30. The monoisotopic (exact) mass is 226 g/mol. The molecule has 0 N–H and O–H groups in total. The van der Waals surface area contributed by atoms with Gasteiger partial charge in [0.25, 0.3) is 0 Å². The zero-order valence-corrected chi connectivity index (χ0v) is 10.6. The predicted octanol–water partition coefficient (Wildman–Crippen LogP) is 3.65. The summed E-state index contributed by atoms with van der Waals surface area (Å²) in [5, 5.41) is 8.27. The first-order valence-corrected chi connectivity index (χ1v) is 6.05. The zero-order valence-electron chi connectivity index (χ0n) is 10.6. The molecule has 0 bridgehead atoms. The number of rotatable bonds is 3. The van der Waals surface area contributed by atoms with Crippen LogP contribution < -0.4 is 0 Å². The van der Waals surface area contributed by atoms with Gasteiger partial charge in [0, 0.05) is 5.56 Å².